The number of amides is 1. The second kappa shape index (κ2) is 5.52. The molecule has 1 aliphatic carbocycles. The van der Waals surface area contributed by atoms with Crippen molar-refractivity contribution in [2.45, 2.75) is 18.9 Å². The highest BCUT2D eigenvalue weighted by atomic mass is 79.9. The lowest BCUT2D eigenvalue weighted by atomic mass is 10.1. The smallest absolute Gasteiger partial charge is 0.323 e. The Bertz CT molecular complexity index is 637. The Labute approximate surface area is 130 Å². The lowest BCUT2D eigenvalue weighted by Gasteiger charge is -2.24. The molecule has 21 heavy (non-hydrogen) atoms. The van der Waals surface area contributed by atoms with E-state index in [2.05, 4.69) is 15.9 Å². The summed E-state index contributed by atoms with van der Waals surface area (Å²) >= 11 is 3.38. The fourth-order valence-electron chi connectivity index (χ4n) is 2.36. The molecule has 1 aliphatic heterocycles. The molecule has 1 saturated carbocycles. The van der Waals surface area contributed by atoms with Gasteiger partial charge in [-0.1, -0.05) is 15.9 Å². The van der Waals surface area contributed by atoms with Crippen LogP contribution in [0.1, 0.15) is 18.4 Å². The van der Waals surface area contributed by atoms with Gasteiger partial charge in [-0.2, -0.15) is 0 Å². The minimum absolute atomic E-state index is 0.0541. The third kappa shape index (κ3) is 3.10. The first-order valence-corrected chi connectivity index (χ1v) is 7.49. The van der Waals surface area contributed by atoms with Gasteiger partial charge in [-0.3, -0.25) is 9.59 Å². The molecule has 1 N–H and O–H groups in total. The first-order chi connectivity index (χ1) is 10.0. The standard InChI is InChI=1S/C15H14BrNO4/c16-11-1-4-13-9(6-11)5-10(8-21-13)15(20)17(7-14(18)19)12-2-3-12/h1,4-6,12H,2-3,7-8H2,(H,18,19). The fourth-order valence-corrected chi connectivity index (χ4v) is 2.73. The summed E-state index contributed by atoms with van der Waals surface area (Å²) in [4.78, 5) is 24.9. The van der Waals surface area contributed by atoms with Crippen molar-refractivity contribution in [3.05, 3.63) is 33.8 Å². The molecule has 0 atom stereocenters. The second-order valence-corrected chi connectivity index (χ2v) is 6.11. The number of carbonyl (C=O) groups is 2. The van der Waals surface area contributed by atoms with E-state index < -0.39 is 5.97 Å². The van der Waals surface area contributed by atoms with Gasteiger partial charge in [0.15, 0.2) is 0 Å². The summed E-state index contributed by atoms with van der Waals surface area (Å²) in [5.74, 6) is -0.507. The molecule has 110 valence electrons. The zero-order valence-electron chi connectivity index (χ0n) is 11.2. The second-order valence-electron chi connectivity index (χ2n) is 5.20. The molecular weight excluding hydrogens is 338 g/mol. The Balaban J connectivity index is 1.85. The number of hydrogen-bond acceptors (Lipinski definition) is 3. The summed E-state index contributed by atoms with van der Waals surface area (Å²) in [5.41, 5.74) is 1.32. The Morgan fingerprint density at radius 1 is 1.38 bits per heavy atom. The Kier molecular flexibility index (Phi) is 3.71. The van der Waals surface area contributed by atoms with Crippen molar-refractivity contribution in [1.29, 1.82) is 0 Å². The normalized spacial score (nSPS) is 16.5. The maximum absolute atomic E-state index is 12.5. The highest BCUT2D eigenvalue weighted by Crippen LogP contribution is 2.32. The van der Waals surface area contributed by atoms with Crippen LogP contribution in [-0.4, -0.2) is 41.1 Å². The summed E-state index contributed by atoms with van der Waals surface area (Å²) in [6.07, 6.45) is 3.52. The number of carboxylic acids is 1. The monoisotopic (exact) mass is 351 g/mol. The van der Waals surface area contributed by atoms with Crippen LogP contribution in [-0.2, 0) is 9.59 Å². The Morgan fingerprint density at radius 2 is 2.14 bits per heavy atom. The third-order valence-corrected chi connectivity index (χ3v) is 4.01. The lowest BCUT2D eigenvalue weighted by molar-refractivity contribution is -0.143. The van der Waals surface area contributed by atoms with E-state index in [-0.39, 0.29) is 25.1 Å². The number of carbonyl (C=O) groups excluding carboxylic acids is 1. The summed E-state index contributed by atoms with van der Waals surface area (Å²) in [6, 6.07) is 5.65. The van der Waals surface area contributed by atoms with E-state index in [1.807, 2.05) is 18.2 Å². The van der Waals surface area contributed by atoms with Crippen LogP contribution in [0.2, 0.25) is 0 Å². The quantitative estimate of drug-likeness (QED) is 0.903. The molecule has 0 bridgehead atoms. The minimum Gasteiger partial charge on any atom is -0.488 e. The van der Waals surface area contributed by atoms with Crippen molar-refractivity contribution in [2.24, 2.45) is 0 Å². The number of ether oxygens (including phenoxy) is 1. The van der Waals surface area contributed by atoms with E-state index in [9.17, 15) is 9.59 Å². The molecule has 1 heterocycles. The van der Waals surface area contributed by atoms with Gasteiger partial charge in [-0.05, 0) is 37.1 Å². The molecule has 0 spiro atoms. The fraction of sp³-hybridized carbons (Fsp3) is 0.333. The molecule has 0 unspecified atom stereocenters. The van der Waals surface area contributed by atoms with Crippen LogP contribution in [0.4, 0.5) is 0 Å². The first kappa shape index (κ1) is 14.1. The van der Waals surface area contributed by atoms with Gasteiger partial charge in [0, 0.05) is 16.1 Å². The highest BCUT2D eigenvalue weighted by Gasteiger charge is 2.35. The number of hydrogen-bond donors (Lipinski definition) is 1. The summed E-state index contributed by atoms with van der Waals surface area (Å²) in [5, 5.41) is 8.95. The van der Waals surface area contributed by atoms with E-state index in [4.69, 9.17) is 9.84 Å². The maximum Gasteiger partial charge on any atom is 0.323 e. The van der Waals surface area contributed by atoms with Crippen LogP contribution in [0.25, 0.3) is 6.08 Å². The maximum atomic E-state index is 12.5. The predicted molar refractivity (Wildman–Crippen MR) is 80.0 cm³/mol. The van der Waals surface area contributed by atoms with Crippen molar-refractivity contribution >= 4 is 33.9 Å². The van der Waals surface area contributed by atoms with Crippen LogP contribution >= 0.6 is 15.9 Å². The number of halogens is 1. The molecule has 2 aliphatic rings. The van der Waals surface area contributed by atoms with Gasteiger partial charge < -0.3 is 14.7 Å². The number of rotatable bonds is 4. The molecule has 5 nitrogen and oxygen atoms in total. The van der Waals surface area contributed by atoms with Crippen molar-refractivity contribution in [1.82, 2.24) is 4.90 Å². The van der Waals surface area contributed by atoms with Crippen LogP contribution in [0.5, 0.6) is 5.75 Å². The van der Waals surface area contributed by atoms with Crippen LogP contribution in [0.15, 0.2) is 28.2 Å². The molecular formula is C15H14BrNO4. The van der Waals surface area contributed by atoms with E-state index >= 15 is 0 Å². The SMILES string of the molecule is O=C(O)CN(C(=O)C1=Cc2cc(Br)ccc2OC1)C1CC1. The molecule has 0 saturated heterocycles. The average Bonchev–Trinajstić information content (AvgIpc) is 3.27. The van der Waals surface area contributed by atoms with E-state index in [1.54, 1.807) is 6.08 Å². The number of fused-ring (bicyclic) bond motifs is 1. The van der Waals surface area contributed by atoms with Gasteiger partial charge in [0.2, 0.25) is 0 Å². The molecule has 1 aromatic carbocycles. The summed E-state index contributed by atoms with van der Waals surface area (Å²) < 4.78 is 6.49. The number of carboxylic acid groups (broad SMARTS) is 1. The largest absolute Gasteiger partial charge is 0.488 e. The van der Waals surface area contributed by atoms with E-state index in [0.29, 0.717) is 5.57 Å². The van der Waals surface area contributed by atoms with Crippen molar-refractivity contribution < 1.29 is 19.4 Å². The van der Waals surface area contributed by atoms with E-state index in [0.717, 1.165) is 28.6 Å². The van der Waals surface area contributed by atoms with Crippen molar-refractivity contribution in [3.8, 4) is 5.75 Å². The molecule has 0 aromatic heterocycles. The van der Waals surface area contributed by atoms with Gasteiger partial charge in [0.05, 0.1) is 5.57 Å². The van der Waals surface area contributed by atoms with E-state index in [1.165, 1.54) is 4.90 Å². The van der Waals surface area contributed by atoms with Crippen LogP contribution in [0.3, 0.4) is 0 Å². The van der Waals surface area contributed by atoms with Gasteiger partial charge in [0.1, 0.15) is 18.9 Å². The molecule has 1 amide bonds. The lowest BCUT2D eigenvalue weighted by Crippen LogP contribution is -2.39. The van der Waals surface area contributed by atoms with Gasteiger partial charge in [0.25, 0.3) is 5.91 Å². The molecule has 1 fully saturated rings. The zero-order chi connectivity index (χ0) is 15.0. The highest BCUT2D eigenvalue weighted by molar-refractivity contribution is 9.10. The average molecular weight is 352 g/mol. The molecule has 1 aromatic rings. The molecule has 0 radical (unpaired) electrons. The van der Waals surface area contributed by atoms with Crippen LogP contribution in [0, 0.1) is 0 Å². The Hall–Kier alpha value is -1.82. The number of benzene rings is 1. The molecule has 3 rings (SSSR count). The summed E-state index contributed by atoms with van der Waals surface area (Å²) in [7, 11) is 0. The summed E-state index contributed by atoms with van der Waals surface area (Å²) in [6.45, 7) is -0.0809. The first-order valence-electron chi connectivity index (χ1n) is 6.70. The predicted octanol–water partition coefficient (Wildman–Crippen LogP) is 2.30. The Morgan fingerprint density at radius 3 is 2.81 bits per heavy atom. The minimum atomic E-state index is -0.990. The van der Waals surface area contributed by atoms with Crippen LogP contribution < -0.4 is 4.74 Å². The van der Waals surface area contributed by atoms with Gasteiger partial charge >= 0.3 is 5.97 Å². The zero-order valence-corrected chi connectivity index (χ0v) is 12.8. The number of aliphatic carboxylic acids is 1. The van der Waals surface area contributed by atoms with Crippen molar-refractivity contribution in [2.75, 3.05) is 13.2 Å². The molecule has 6 heteroatoms. The van der Waals surface area contributed by atoms with Gasteiger partial charge in [-0.15, -0.1) is 0 Å². The number of nitrogens with zero attached hydrogens (tertiary/aromatic N) is 1. The van der Waals surface area contributed by atoms with Crippen molar-refractivity contribution in [3.63, 3.8) is 0 Å². The third-order valence-electron chi connectivity index (χ3n) is 3.51. The topological polar surface area (TPSA) is 66.8 Å². The van der Waals surface area contributed by atoms with Gasteiger partial charge in [-0.25, -0.2) is 0 Å².